The van der Waals surface area contributed by atoms with Gasteiger partial charge in [-0.1, -0.05) is 0 Å². The molecule has 0 amide bonds. The minimum absolute atomic E-state index is 0.558. The summed E-state index contributed by atoms with van der Waals surface area (Å²) in [5.41, 5.74) is 0. The number of carboxylic acids is 2. The van der Waals surface area contributed by atoms with E-state index in [1.54, 1.807) is 0 Å². The van der Waals surface area contributed by atoms with E-state index >= 15 is 0 Å². The summed E-state index contributed by atoms with van der Waals surface area (Å²) >= 11 is 0. The highest BCUT2D eigenvalue weighted by Gasteiger charge is 1.88. The van der Waals surface area contributed by atoms with E-state index in [4.69, 9.17) is 23.6 Å². The molecule has 0 atom stereocenters. The highest BCUT2D eigenvalue weighted by atomic mass is 32.2. The van der Waals surface area contributed by atoms with E-state index < -0.39 is 22.6 Å². The second-order valence-electron chi connectivity index (χ2n) is 1.24. The van der Waals surface area contributed by atoms with Crippen molar-refractivity contribution < 1.29 is 28.6 Å². The van der Waals surface area contributed by atoms with Crippen LogP contribution in [0.5, 0.6) is 0 Å². The summed E-state index contributed by atoms with van der Waals surface area (Å²) in [7, 11) is -2.61. The van der Waals surface area contributed by atoms with Gasteiger partial charge in [-0.3, -0.25) is 4.55 Å². The highest BCUT2D eigenvalue weighted by Crippen LogP contribution is 1.70. The Labute approximate surface area is 68.8 Å². The Hall–Kier alpha value is -1.63. The van der Waals surface area contributed by atoms with Crippen LogP contribution in [0.15, 0.2) is 12.2 Å². The lowest BCUT2D eigenvalue weighted by atomic mass is 10.5. The Balaban J connectivity index is 0. The quantitative estimate of drug-likeness (QED) is 0.395. The van der Waals surface area contributed by atoms with Crippen LogP contribution in [0, 0.1) is 4.61 Å². The Morgan fingerprint density at radius 2 is 1.33 bits per heavy atom. The Morgan fingerprint density at radius 3 is 1.42 bits per heavy atom. The summed E-state index contributed by atoms with van der Waals surface area (Å²) in [6, 6.07) is 0. The van der Waals surface area contributed by atoms with E-state index in [1.165, 1.54) is 0 Å². The SMILES string of the molecule is N#S(=O)O.O=C(O)/C=C\C(=O)O. The molecule has 0 saturated carbocycles. The van der Waals surface area contributed by atoms with Crippen LogP contribution in [0.4, 0.5) is 0 Å². The molecule has 68 valence electrons. The van der Waals surface area contributed by atoms with Crippen LogP contribution in [0.2, 0.25) is 0 Å². The molecule has 8 heteroatoms. The van der Waals surface area contributed by atoms with Gasteiger partial charge in [-0.2, -0.15) is 4.21 Å². The van der Waals surface area contributed by atoms with Gasteiger partial charge in [0.25, 0.3) is 0 Å². The molecular formula is C4H5NO6S. The van der Waals surface area contributed by atoms with Gasteiger partial charge in [-0.25, -0.2) is 9.59 Å². The second-order valence-corrected chi connectivity index (χ2v) is 1.70. The van der Waals surface area contributed by atoms with Gasteiger partial charge in [0.05, 0.1) is 0 Å². The molecule has 12 heavy (non-hydrogen) atoms. The van der Waals surface area contributed by atoms with Crippen LogP contribution in [0.3, 0.4) is 0 Å². The van der Waals surface area contributed by atoms with Crippen LogP contribution in [0.25, 0.3) is 0 Å². The zero-order valence-electron chi connectivity index (χ0n) is 5.58. The van der Waals surface area contributed by atoms with Gasteiger partial charge in [0.15, 0.2) is 0 Å². The monoisotopic (exact) mass is 195 g/mol. The number of hydrogen-bond acceptors (Lipinski definition) is 4. The average molecular weight is 195 g/mol. The maximum atomic E-state index is 9.55. The third kappa shape index (κ3) is 40.0. The number of aliphatic carboxylic acids is 2. The van der Waals surface area contributed by atoms with Gasteiger partial charge >= 0.3 is 22.6 Å². The van der Waals surface area contributed by atoms with Gasteiger partial charge in [-0.15, -0.1) is 4.61 Å². The summed E-state index contributed by atoms with van der Waals surface area (Å²) in [6.07, 6.45) is 1.12. The van der Waals surface area contributed by atoms with E-state index in [-0.39, 0.29) is 0 Å². The van der Waals surface area contributed by atoms with Gasteiger partial charge in [0.1, 0.15) is 0 Å². The molecule has 0 aliphatic rings. The second kappa shape index (κ2) is 7.48. The Morgan fingerprint density at radius 1 is 1.17 bits per heavy atom. The molecule has 0 saturated heterocycles. The van der Waals surface area contributed by atoms with Crippen molar-refractivity contribution in [2.24, 2.45) is 0 Å². The maximum absolute atomic E-state index is 9.55. The van der Waals surface area contributed by atoms with Gasteiger partial charge in [-0.05, 0) is 0 Å². The van der Waals surface area contributed by atoms with E-state index in [0.29, 0.717) is 12.2 Å². The molecule has 0 rings (SSSR count). The molecule has 0 aromatic heterocycles. The third-order valence-corrected chi connectivity index (χ3v) is 0.368. The predicted octanol–water partition coefficient (Wildman–Crippen LogP) is -0.601. The number of rotatable bonds is 2. The first kappa shape index (κ1) is 13.0. The summed E-state index contributed by atoms with van der Waals surface area (Å²) in [5, 5.41) is 15.6. The summed E-state index contributed by atoms with van der Waals surface area (Å²) in [4.78, 5) is 19.1. The summed E-state index contributed by atoms with van der Waals surface area (Å²) in [6.45, 7) is 0. The lowest BCUT2D eigenvalue weighted by Gasteiger charge is -1.74. The van der Waals surface area contributed by atoms with Crippen LogP contribution in [-0.2, 0) is 20.3 Å². The fourth-order valence-corrected chi connectivity index (χ4v) is 0.143. The molecule has 0 heterocycles. The highest BCUT2D eigenvalue weighted by molar-refractivity contribution is 7.64. The first-order valence-corrected chi connectivity index (χ1v) is 3.36. The van der Waals surface area contributed by atoms with E-state index in [2.05, 4.69) is 0 Å². The van der Waals surface area contributed by atoms with Crippen molar-refractivity contribution in [3.8, 4) is 0 Å². The van der Waals surface area contributed by atoms with Crippen molar-refractivity contribution in [3.05, 3.63) is 12.2 Å². The normalized spacial score (nSPS) is 8.33. The standard InChI is InChI=1S/C4H4O4.HNO2S/c5-3(6)1-2-4(7)8;1-4(2)3/h1-2H,(H,5,6)(H,7,8);(H,2,3)/b2-1-;. The molecule has 7 nitrogen and oxygen atoms in total. The molecule has 0 radical (unpaired) electrons. The average Bonchev–Trinajstić information content (AvgIpc) is 1.82. The molecule has 0 aromatic carbocycles. The molecular weight excluding hydrogens is 190 g/mol. The molecule has 0 bridgehead atoms. The van der Waals surface area contributed by atoms with Crippen molar-refractivity contribution >= 4 is 22.6 Å². The van der Waals surface area contributed by atoms with Crippen molar-refractivity contribution in [2.45, 2.75) is 0 Å². The first-order chi connectivity index (χ1) is 5.36. The van der Waals surface area contributed by atoms with Gasteiger partial charge in [0.2, 0.25) is 0 Å². The minimum Gasteiger partial charge on any atom is -0.478 e. The van der Waals surface area contributed by atoms with Crippen LogP contribution < -0.4 is 0 Å². The topological polar surface area (TPSA) is 136 Å². The first-order valence-electron chi connectivity index (χ1n) is 2.30. The van der Waals surface area contributed by atoms with Crippen molar-refractivity contribution in [3.63, 3.8) is 0 Å². The molecule has 0 fully saturated rings. The predicted molar refractivity (Wildman–Crippen MR) is 36.9 cm³/mol. The van der Waals surface area contributed by atoms with Crippen LogP contribution in [-0.4, -0.2) is 30.9 Å². The fourth-order valence-electron chi connectivity index (χ4n) is 0.143. The maximum Gasteiger partial charge on any atom is 0.328 e. The summed E-state index contributed by atoms with van der Waals surface area (Å²) < 4.78 is 22.8. The third-order valence-electron chi connectivity index (χ3n) is 0.368. The Bertz CT molecular complexity index is 284. The molecule has 0 aliphatic carbocycles. The molecule has 0 aliphatic heterocycles. The van der Waals surface area contributed by atoms with Crippen LogP contribution in [0.1, 0.15) is 0 Å². The van der Waals surface area contributed by atoms with Crippen LogP contribution >= 0.6 is 0 Å². The van der Waals surface area contributed by atoms with Gasteiger partial charge < -0.3 is 10.2 Å². The fraction of sp³-hybridized carbons (Fsp3) is 0. The molecule has 3 N–H and O–H groups in total. The van der Waals surface area contributed by atoms with E-state index in [1.807, 2.05) is 0 Å². The minimum atomic E-state index is -2.61. The lowest BCUT2D eigenvalue weighted by Crippen LogP contribution is -1.91. The molecule has 0 aromatic rings. The largest absolute Gasteiger partial charge is 0.478 e. The van der Waals surface area contributed by atoms with E-state index in [0.717, 1.165) is 0 Å². The number of carboxylic acid groups (broad SMARTS) is 2. The molecule has 0 unspecified atom stereocenters. The van der Waals surface area contributed by atoms with Gasteiger partial charge in [0, 0.05) is 12.2 Å². The zero-order chi connectivity index (χ0) is 10.1. The van der Waals surface area contributed by atoms with Crippen molar-refractivity contribution in [1.29, 1.82) is 4.61 Å². The number of nitrogens with zero attached hydrogens (tertiary/aromatic N) is 1. The smallest absolute Gasteiger partial charge is 0.328 e. The molecule has 0 spiro atoms. The lowest BCUT2D eigenvalue weighted by molar-refractivity contribution is -0.134. The Kier molecular flexibility index (Phi) is 8.10. The summed E-state index contributed by atoms with van der Waals surface area (Å²) in [5.74, 6) is -2.51. The van der Waals surface area contributed by atoms with E-state index in [9.17, 15) is 9.59 Å². The zero-order valence-corrected chi connectivity index (χ0v) is 6.39. The number of hydrogen-bond donors (Lipinski definition) is 3. The van der Waals surface area contributed by atoms with Crippen molar-refractivity contribution in [1.82, 2.24) is 0 Å². The number of carbonyl (C=O) groups is 2. The van der Waals surface area contributed by atoms with Crippen molar-refractivity contribution in [2.75, 3.05) is 0 Å².